The first kappa shape index (κ1) is 11.1. The van der Waals surface area contributed by atoms with Crippen molar-refractivity contribution in [3.63, 3.8) is 0 Å². The average molecular weight is 214 g/mol. The Labute approximate surface area is 96.5 Å². The lowest BCUT2D eigenvalue weighted by atomic mass is 10.0. The van der Waals surface area contributed by atoms with Gasteiger partial charge >= 0.3 is 0 Å². The Morgan fingerprint density at radius 1 is 1.31 bits per heavy atom. The molecule has 2 N–H and O–H groups in total. The Morgan fingerprint density at radius 2 is 2.06 bits per heavy atom. The van der Waals surface area contributed by atoms with Crippen LogP contribution in [0.1, 0.15) is 18.2 Å². The topological polar surface area (TPSA) is 38.9 Å². The van der Waals surface area contributed by atoms with E-state index < -0.39 is 0 Å². The molecule has 1 atom stereocenters. The van der Waals surface area contributed by atoms with Crippen LogP contribution in [0.25, 0.3) is 10.9 Å². The number of nitrogens with zero attached hydrogens (tertiary/aromatic N) is 1. The Morgan fingerprint density at radius 3 is 2.81 bits per heavy atom. The summed E-state index contributed by atoms with van der Waals surface area (Å²) < 4.78 is 0. The molecule has 84 valence electrons. The van der Waals surface area contributed by atoms with Crippen molar-refractivity contribution in [1.82, 2.24) is 4.98 Å². The van der Waals surface area contributed by atoms with Gasteiger partial charge in [-0.15, -0.1) is 0 Å². The molecule has 0 radical (unpaired) electrons. The van der Waals surface area contributed by atoms with E-state index in [4.69, 9.17) is 5.73 Å². The predicted molar refractivity (Wildman–Crippen MR) is 68.4 cm³/mol. The van der Waals surface area contributed by atoms with Crippen LogP contribution in [0.5, 0.6) is 0 Å². The molecule has 2 aromatic rings. The number of hydrogen-bond acceptors (Lipinski definition) is 2. The summed E-state index contributed by atoms with van der Waals surface area (Å²) in [5.74, 6) is 0.494. The minimum absolute atomic E-state index is 0.494. The summed E-state index contributed by atoms with van der Waals surface area (Å²) >= 11 is 0. The maximum absolute atomic E-state index is 5.64. The molecule has 16 heavy (non-hydrogen) atoms. The number of pyridine rings is 1. The lowest BCUT2D eigenvalue weighted by molar-refractivity contribution is 0.585. The van der Waals surface area contributed by atoms with Crippen molar-refractivity contribution in [2.75, 3.05) is 6.54 Å². The third-order valence-corrected chi connectivity index (χ3v) is 2.94. The van der Waals surface area contributed by atoms with Gasteiger partial charge in [0.25, 0.3) is 0 Å². The van der Waals surface area contributed by atoms with Gasteiger partial charge in [-0.2, -0.15) is 0 Å². The van der Waals surface area contributed by atoms with E-state index in [0.29, 0.717) is 12.5 Å². The van der Waals surface area contributed by atoms with Crippen LogP contribution in [0.2, 0.25) is 0 Å². The zero-order valence-corrected chi connectivity index (χ0v) is 9.90. The summed E-state index contributed by atoms with van der Waals surface area (Å²) in [6.45, 7) is 5.01. The summed E-state index contributed by atoms with van der Waals surface area (Å²) in [6.07, 6.45) is 0.960. The minimum Gasteiger partial charge on any atom is -0.330 e. The lowest BCUT2D eigenvalue weighted by Crippen LogP contribution is -2.13. The third kappa shape index (κ3) is 2.22. The van der Waals surface area contributed by atoms with Crippen LogP contribution >= 0.6 is 0 Å². The second-order valence-electron chi connectivity index (χ2n) is 4.49. The van der Waals surface area contributed by atoms with Crippen molar-refractivity contribution in [3.8, 4) is 0 Å². The number of rotatable bonds is 3. The van der Waals surface area contributed by atoms with E-state index in [0.717, 1.165) is 17.6 Å². The molecule has 1 aromatic carbocycles. The molecule has 0 saturated heterocycles. The molecule has 2 rings (SSSR count). The summed E-state index contributed by atoms with van der Waals surface area (Å²) in [4.78, 5) is 4.67. The molecule has 0 spiro atoms. The van der Waals surface area contributed by atoms with Crippen molar-refractivity contribution in [3.05, 3.63) is 41.6 Å². The Hall–Kier alpha value is -1.41. The van der Waals surface area contributed by atoms with E-state index >= 15 is 0 Å². The maximum Gasteiger partial charge on any atom is 0.0707 e. The van der Waals surface area contributed by atoms with Gasteiger partial charge in [0.05, 0.1) is 5.52 Å². The van der Waals surface area contributed by atoms with Gasteiger partial charge in [-0.3, -0.25) is 4.98 Å². The summed E-state index contributed by atoms with van der Waals surface area (Å²) in [7, 11) is 0. The zero-order chi connectivity index (χ0) is 11.5. The zero-order valence-electron chi connectivity index (χ0n) is 9.90. The third-order valence-electron chi connectivity index (χ3n) is 2.94. The first-order valence-electron chi connectivity index (χ1n) is 5.76. The molecule has 2 heteroatoms. The van der Waals surface area contributed by atoms with Crippen LogP contribution in [0.4, 0.5) is 0 Å². The van der Waals surface area contributed by atoms with Gasteiger partial charge in [-0.25, -0.2) is 0 Å². The largest absolute Gasteiger partial charge is 0.330 e. The molecule has 0 fully saturated rings. The van der Waals surface area contributed by atoms with E-state index in [1.165, 1.54) is 10.9 Å². The summed E-state index contributed by atoms with van der Waals surface area (Å²) in [5.41, 5.74) is 9.17. The number of para-hydroxylation sites is 1. The van der Waals surface area contributed by atoms with E-state index in [1.807, 2.05) is 6.07 Å². The van der Waals surface area contributed by atoms with Crippen molar-refractivity contribution in [1.29, 1.82) is 0 Å². The van der Waals surface area contributed by atoms with Crippen LogP contribution in [0.15, 0.2) is 30.3 Å². The molecule has 0 amide bonds. The fourth-order valence-corrected chi connectivity index (χ4v) is 1.96. The quantitative estimate of drug-likeness (QED) is 0.853. The van der Waals surface area contributed by atoms with Gasteiger partial charge in [0.15, 0.2) is 0 Å². The second-order valence-corrected chi connectivity index (χ2v) is 4.49. The van der Waals surface area contributed by atoms with Crippen LogP contribution in [0, 0.1) is 12.8 Å². The first-order valence-corrected chi connectivity index (χ1v) is 5.76. The molecule has 1 aromatic heterocycles. The molecule has 0 aliphatic carbocycles. The predicted octanol–water partition coefficient (Wildman–Crippen LogP) is 2.68. The molecule has 0 saturated carbocycles. The summed E-state index contributed by atoms with van der Waals surface area (Å²) in [6, 6.07) is 10.4. The molecular formula is C14H18N2. The molecule has 2 nitrogen and oxygen atoms in total. The highest BCUT2D eigenvalue weighted by Gasteiger charge is 2.05. The summed E-state index contributed by atoms with van der Waals surface area (Å²) in [5, 5.41) is 1.24. The number of benzene rings is 1. The molecule has 1 unspecified atom stereocenters. The first-order chi connectivity index (χ1) is 7.70. The minimum atomic E-state index is 0.494. The highest BCUT2D eigenvalue weighted by Crippen LogP contribution is 2.18. The van der Waals surface area contributed by atoms with Crippen LogP contribution in [0.3, 0.4) is 0 Å². The van der Waals surface area contributed by atoms with E-state index in [1.54, 1.807) is 0 Å². The smallest absolute Gasteiger partial charge is 0.0707 e. The molecule has 0 aliphatic rings. The fourth-order valence-electron chi connectivity index (χ4n) is 1.96. The van der Waals surface area contributed by atoms with Crippen molar-refractivity contribution in [2.24, 2.45) is 11.7 Å². The molecule has 0 aliphatic heterocycles. The molecule has 0 bridgehead atoms. The van der Waals surface area contributed by atoms with Gasteiger partial charge < -0.3 is 5.73 Å². The second kappa shape index (κ2) is 4.62. The Kier molecular flexibility index (Phi) is 3.20. The van der Waals surface area contributed by atoms with Crippen LogP contribution < -0.4 is 5.73 Å². The van der Waals surface area contributed by atoms with Crippen molar-refractivity contribution in [2.45, 2.75) is 20.3 Å². The van der Waals surface area contributed by atoms with Gasteiger partial charge in [0.1, 0.15) is 0 Å². The van der Waals surface area contributed by atoms with Gasteiger partial charge in [0.2, 0.25) is 0 Å². The van der Waals surface area contributed by atoms with Crippen molar-refractivity contribution >= 4 is 10.9 Å². The van der Waals surface area contributed by atoms with Crippen molar-refractivity contribution < 1.29 is 0 Å². The number of fused-ring (bicyclic) bond motifs is 1. The molecule has 1 heterocycles. The fraction of sp³-hybridized carbons (Fsp3) is 0.357. The highest BCUT2D eigenvalue weighted by molar-refractivity contribution is 5.81. The maximum atomic E-state index is 5.64. The lowest BCUT2D eigenvalue weighted by Gasteiger charge is -2.10. The number of nitrogens with two attached hydrogens (primary N) is 1. The van der Waals surface area contributed by atoms with Gasteiger partial charge in [-0.05, 0) is 43.5 Å². The number of aryl methyl sites for hydroxylation is 1. The van der Waals surface area contributed by atoms with E-state index in [-0.39, 0.29) is 0 Å². The number of aromatic nitrogens is 1. The Balaban J connectivity index is 2.41. The van der Waals surface area contributed by atoms with E-state index in [9.17, 15) is 0 Å². The van der Waals surface area contributed by atoms with E-state index in [2.05, 4.69) is 43.1 Å². The van der Waals surface area contributed by atoms with Crippen LogP contribution in [-0.2, 0) is 6.42 Å². The monoisotopic (exact) mass is 214 g/mol. The number of hydrogen-bond donors (Lipinski definition) is 1. The van der Waals surface area contributed by atoms with Gasteiger partial charge in [0, 0.05) is 11.1 Å². The Bertz CT molecular complexity index is 491. The molecular weight excluding hydrogens is 196 g/mol. The normalized spacial score (nSPS) is 12.9. The van der Waals surface area contributed by atoms with Gasteiger partial charge in [-0.1, -0.05) is 25.1 Å². The SMILES string of the molecule is Cc1cc(CC(C)CN)nc2ccccc12. The standard InChI is InChI=1S/C14H18N2/c1-10(9-15)7-12-8-11(2)13-5-3-4-6-14(13)16-12/h3-6,8,10H,7,9,15H2,1-2H3. The highest BCUT2D eigenvalue weighted by atomic mass is 14.7. The average Bonchev–Trinajstić information content (AvgIpc) is 2.29. The van der Waals surface area contributed by atoms with Crippen LogP contribution in [-0.4, -0.2) is 11.5 Å².